The number of nitrogens with zero attached hydrogens (tertiary/aromatic N) is 1. The van der Waals surface area contributed by atoms with Crippen molar-refractivity contribution in [2.75, 3.05) is 11.9 Å². The Kier molecular flexibility index (Phi) is 6.58. The van der Waals surface area contributed by atoms with Crippen molar-refractivity contribution in [2.24, 2.45) is 5.92 Å². The summed E-state index contributed by atoms with van der Waals surface area (Å²) >= 11 is 1.25. The average molecular weight is 366 g/mol. The molecule has 1 N–H and O–H groups in total. The summed E-state index contributed by atoms with van der Waals surface area (Å²) in [5.74, 6) is 0.00638. The highest BCUT2D eigenvalue weighted by Crippen LogP contribution is 2.31. The number of carbonyl (C=O) groups excluding carboxylic acids is 2. The van der Waals surface area contributed by atoms with Gasteiger partial charge in [0.1, 0.15) is 5.60 Å². The normalized spacial score (nSPS) is 15.9. The smallest absolute Gasteiger partial charge is 0.413 e. The topological polar surface area (TPSA) is 77.5 Å². The van der Waals surface area contributed by atoms with E-state index in [1.54, 1.807) is 33.1 Å². The molecule has 1 saturated carbocycles. The van der Waals surface area contributed by atoms with E-state index in [-0.39, 0.29) is 5.97 Å². The van der Waals surface area contributed by atoms with Crippen molar-refractivity contribution in [1.82, 2.24) is 4.98 Å². The summed E-state index contributed by atoms with van der Waals surface area (Å²) in [5, 5.41) is 4.75. The lowest BCUT2D eigenvalue weighted by atomic mass is 10.0. The SMILES string of the molecule is CCOC(=O)/C(=C\C1CCCC1)c1csc(NC(=O)OC(C)(C)C)n1. The standard InChI is InChI=1S/C18H26N2O4S/c1-5-23-15(21)13(10-12-8-6-7-9-12)14-11-25-16(19-14)20-17(22)24-18(2,3)4/h10-12H,5-9H2,1-4H3,(H,19,20,22)/b13-10-. The third kappa shape index (κ3) is 6.16. The van der Waals surface area contributed by atoms with Gasteiger partial charge in [0.2, 0.25) is 0 Å². The molecule has 25 heavy (non-hydrogen) atoms. The molecule has 1 aromatic rings. The molecule has 0 unspecified atom stereocenters. The van der Waals surface area contributed by atoms with Gasteiger partial charge in [0.15, 0.2) is 5.13 Å². The highest BCUT2D eigenvalue weighted by molar-refractivity contribution is 7.14. The van der Waals surface area contributed by atoms with Crippen LogP contribution in [0.2, 0.25) is 0 Å². The molecule has 0 aromatic carbocycles. The summed E-state index contributed by atoms with van der Waals surface area (Å²) in [5.41, 5.74) is 0.423. The van der Waals surface area contributed by atoms with E-state index in [1.807, 2.05) is 6.08 Å². The molecule has 1 heterocycles. The van der Waals surface area contributed by atoms with Gasteiger partial charge in [-0.2, -0.15) is 0 Å². The van der Waals surface area contributed by atoms with Crippen LogP contribution in [0.3, 0.4) is 0 Å². The maximum atomic E-state index is 12.3. The molecule has 1 fully saturated rings. The van der Waals surface area contributed by atoms with Gasteiger partial charge >= 0.3 is 12.1 Å². The number of amides is 1. The van der Waals surface area contributed by atoms with Crippen LogP contribution < -0.4 is 5.32 Å². The number of anilines is 1. The summed E-state index contributed by atoms with van der Waals surface area (Å²) in [7, 11) is 0. The zero-order valence-corrected chi connectivity index (χ0v) is 16.1. The van der Waals surface area contributed by atoms with Gasteiger partial charge in [-0.1, -0.05) is 18.9 Å². The van der Waals surface area contributed by atoms with Crippen LogP contribution in [0, 0.1) is 5.92 Å². The van der Waals surface area contributed by atoms with Crippen LogP contribution in [0.4, 0.5) is 9.93 Å². The molecule has 2 rings (SSSR count). The minimum Gasteiger partial charge on any atom is -0.462 e. The molecule has 0 spiro atoms. The summed E-state index contributed by atoms with van der Waals surface area (Å²) in [6.07, 6.45) is 5.93. The molecule has 1 aliphatic rings. The second kappa shape index (κ2) is 8.47. The molecule has 0 radical (unpaired) electrons. The fourth-order valence-electron chi connectivity index (χ4n) is 2.67. The lowest BCUT2D eigenvalue weighted by molar-refractivity contribution is -0.136. The first-order valence-corrected chi connectivity index (χ1v) is 9.51. The Bertz CT molecular complexity index is 640. The van der Waals surface area contributed by atoms with E-state index in [4.69, 9.17) is 9.47 Å². The lowest BCUT2D eigenvalue weighted by Gasteiger charge is -2.18. The van der Waals surface area contributed by atoms with Gasteiger partial charge in [-0.25, -0.2) is 14.6 Å². The van der Waals surface area contributed by atoms with Gasteiger partial charge in [-0.15, -0.1) is 11.3 Å². The number of thiazole rings is 1. The number of hydrogen-bond donors (Lipinski definition) is 1. The van der Waals surface area contributed by atoms with Crippen LogP contribution in [-0.2, 0) is 14.3 Å². The van der Waals surface area contributed by atoms with Crippen molar-refractivity contribution in [3.8, 4) is 0 Å². The van der Waals surface area contributed by atoms with Crippen molar-refractivity contribution >= 4 is 34.1 Å². The van der Waals surface area contributed by atoms with E-state index in [1.165, 1.54) is 24.2 Å². The second-order valence-electron chi connectivity index (χ2n) is 7.01. The zero-order chi connectivity index (χ0) is 18.4. The molecule has 1 aromatic heterocycles. The number of aromatic nitrogens is 1. The molecule has 0 atom stereocenters. The van der Waals surface area contributed by atoms with Gasteiger partial charge < -0.3 is 9.47 Å². The van der Waals surface area contributed by atoms with Gasteiger partial charge in [0.25, 0.3) is 0 Å². The highest BCUT2D eigenvalue weighted by Gasteiger charge is 2.22. The largest absolute Gasteiger partial charge is 0.462 e. The number of ether oxygens (including phenoxy) is 2. The number of rotatable bonds is 5. The number of allylic oxidation sites excluding steroid dienone is 1. The Morgan fingerprint density at radius 3 is 2.64 bits per heavy atom. The molecule has 138 valence electrons. The van der Waals surface area contributed by atoms with E-state index in [2.05, 4.69) is 10.3 Å². The molecule has 0 aliphatic heterocycles. The number of hydrogen-bond acceptors (Lipinski definition) is 6. The van der Waals surface area contributed by atoms with Gasteiger partial charge in [-0.05, 0) is 46.5 Å². The Balaban J connectivity index is 2.14. The number of carbonyl (C=O) groups is 2. The predicted molar refractivity (Wildman–Crippen MR) is 98.5 cm³/mol. The highest BCUT2D eigenvalue weighted by atomic mass is 32.1. The van der Waals surface area contributed by atoms with Gasteiger partial charge in [0, 0.05) is 5.38 Å². The minimum atomic E-state index is -0.581. The first kappa shape index (κ1) is 19.4. The number of esters is 1. The maximum Gasteiger partial charge on any atom is 0.413 e. The van der Waals surface area contributed by atoms with Crippen molar-refractivity contribution in [2.45, 2.75) is 59.0 Å². The van der Waals surface area contributed by atoms with Gasteiger partial charge in [0.05, 0.1) is 17.9 Å². The van der Waals surface area contributed by atoms with Crippen LogP contribution in [0.5, 0.6) is 0 Å². The lowest BCUT2D eigenvalue weighted by Crippen LogP contribution is -2.27. The third-order valence-corrected chi connectivity index (χ3v) is 4.44. The molecule has 0 saturated heterocycles. The Labute approximate surface area is 152 Å². The van der Waals surface area contributed by atoms with E-state index >= 15 is 0 Å². The van der Waals surface area contributed by atoms with Crippen LogP contribution in [-0.4, -0.2) is 29.3 Å². The average Bonchev–Trinajstić information content (AvgIpc) is 3.14. The van der Waals surface area contributed by atoms with Crippen LogP contribution in [0.1, 0.15) is 59.1 Å². The second-order valence-corrected chi connectivity index (χ2v) is 7.87. The third-order valence-electron chi connectivity index (χ3n) is 3.69. The Hall–Kier alpha value is -1.89. The van der Waals surface area contributed by atoms with Gasteiger partial charge in [-0.3, -0.25) is 5.32 Å². The maximum absolute atomic E-state index is 12.3. The summed E-state index contributed by atoms with van der Waals surface area (Å²) < 4.78 is 10.4. The fraction of sp³-hybridized carbons (Fsp3) is 0.611. The van der Waals surface area contributed by atoms with Crippen molar-refractivity contribution < 1.29 is 19.1 Å². The zero-order valence-electron chi connectivity index (χ0n) is 15.3. The first-order chi connectivity index (χ1) is 11.8. The van der Waals surface area contributed by atoms with Crippen molar-refractivity contribution in [1.29, 1.82) is 0 Å². The van der Waals surface area contributed by atoms with Crippen molar-refractivity contribution in [3.63, 3.8) is 0 Å². The van der Waals surface area contributed by atoms with E-state index < -0.39 is 11.7 Å². The molecular weight excluding hydrogens is 340 g/mol. The molecular formula is C18H26N2O4S. The van der Waals surface area contributed by atoms with E-state index in [0.717, 1.165) is 12.8 Å². The fourth-order valence-corrected chi connectivity index (χ4v) is 3.37. The number of nitrogens with one attached hydrogen (secondary N) is 1. The first-order valence-electron chi connectivity index (χ1n) is 8.63. The Morgan fingerprint density at radius 2 is 2.04 bits per heavy atom. The quantitative estimate of drug-likeness (QED) is 0.607. The molecule has 1 aliphatic carbocycles. The summed E-state index contributed by atoms with van der Waals surface area (Å²) in [6.45, 7) is 7.48. The molecule has 1 amide bonds. The molecule has 7 heteroatoms. The molecule has 0 bridgehead atoms. The Morgan fingerprint density at radius 1 is 1.36 bits per heavy atom. The predicted octanol–water partition coefficient (Wildman–Crippen LogP) is 4.63. The van der Waals surface area contributed by atoms with Crippen LogP contribution in [0.25, 0.3) is 5.57 Å². The monoisotopic (exact) mass is 366 g/mol. The van der Waals surface area contributed by atoms with Crippen LogP contribution in [0.15, 0.2) is 11.5 Å². The van der Waals surface area contributed by atoms with Crippen molar-refractivity contribution in [3.05, 3.63) is 17.2 Å². The summed E-state index contributed by atoms with van der Waals surface area (Å²) in [6, 6.07) is 0. The van der Waals surface area contributed by atoms with E-state index in [0.29, 0.717) is 28.9 Å². The van der Waals surface area contributed by atoms with Crippen LogP contribution >= 0.6 is 11.3 Å². The minimum absolute atomic E-state index is 0.313. The summed E-state index contributed by atoms with van der Waals surface area (Å²) in [4.78, 5) is 28.5. The van der Waals surface area contributed by atoms with E-state index in [9.17, 15) is 9.59 Å². The molecule has 6 nitrogen and oxygen atoms in total.